The number of ether oxygens (including phenoxy) is 2. The van der Waals surface area contributed by atoms with E-state index in [1.165, 1.54) is 0 Å². The number of benzene rings is 2. The lowest BCUT2D eigenvalue weighted by Gasteiger charge is -2.32. The number of urea groups is 1. The Kier molecular flexibility index (Phi) is 11.4. The third-order valence-electron chi connectivity index (χ3n) is 8.81. The normalized spacial score (nSPS) is 18.4. The SMILES string of the molecule is CC(C)C(=N)n1cc(OC2CCC(NC(=O)N/C(=C/C(=N)C(C)(C)C)Nc3cccc(CN4CCOCC4)c3)c3ccccc32)ccc1=N. The van der Waals surface area contributed by atoms with Crippen LogP contribution in [0.15, 0.2) is 78.8 Å². The van der Waals surface area contributed by atoms with Crippen LogP contribution in [0.4, 0.5) is 10.5 Å². The molecule has 2 aromatic carbocycles. The molecule has 1 aromatic heterocycles. The molecule has 49 heavy (non-hydrogen) atoms. The predicted molar refractivity (Wildman–Crippen MR) is 193 cm³/mol. The minimum absolute atomic E-state index is 0.0344. The third-order valence-corrected chi connectivity index (χ3v) is 8.81. The van der Waals surface area contributed by atoms with Crippen LogP contribution in [0.1, 0.15) is 76.3 Å². The molecule has 1 aliphatic carbocycles. The molecule has 2 amide bonds. The van der Waals surface area contributed by atoms with Crippen LogP contribution in [-0.4, -0.2) is 53.3 Å². The van der Waals surface area contributed by atoms with Gasteiger partial charge in [0.2, 0.25) is 0 Å². The summed E-state index contributed by atoms with van der Waals surface area (Å²) < 4.78 is 13.5. The zero-order chi connectivity index (χ0) is 35.1. The molecule has 1 aliphatic heterocycles. The maximum Gasteiger partial charge on any atom is 0.320 e. The second kappa shape index (κ2) is 15.7. The maximum atomic E-state index is 13.6. The van der Waals surface area contributed by atoms with Crippen LogP contribution >= 0.6 is 0 Å². The van der Waals surface area contributed by atoms with Crippen molar-refractivity contribution in [1.29, 1.82) is 16.2 Å². The van der Waals surface area contributed by atoms with Gasteiger partial charge in [0, 0.05) is 48.4 Å². The number of fused-ring (bicyclic) bond motifs is 1. The quantitative estimate of drug-likeness (QED) is 0.107. The number of pyridine rings is 1. The van der Waals surface area contributed by atoms with Gasteiger partial charge in [0.05, 0.1) is 25.5 Å². The molecule has 1 fully saturated rings. The van der Waals surface area contributed by atoms with Gasteiger partial charge in [-0.05, 0) is 53.8 Å². The lowest BCUT2D eigenvalue weighted by molar-refractivity contribution is 0.0342. The molecule has 2 heterocycles. The molecule has 260 valence electrons. The summed E-state index contributed by atoms with van der Waals surface area (Å²) in [5.74, 6) is 1.30. The van der Waals surface area contributed by atoms with Gasteiger partial charge in [-0.15, -0.1) is 0 Å². The fraction of sp³-hybridized carbons (Fsp3) is 0.421. The van der Waals surface area contributed by atoms with Crippen molar-refractivity contribution in [3.63, 3.8) is 0 Å². The topological polar surface area (TPSA) is 151 Å². The number of rotatable bonds is 10. The van der Waals surface area contributed by atoms with E-state index >= 15 is 0 Å². The molecule has 2 aliphatic rings. The van der Waals surface area contributed by atoms with Gasteiger partial charge in [-0.1, -0.05) is 71.0 Å². The minimum Gasteiger partial charge on any atom is -0.484 e. The van der Waals surface area contributed by atoms with E-state index in [9.17, 15) is 4.79 Å². The number of nitrogens with one attached hydrogen (secondary N) is 6. The van der Waals surface area contributed by atoms with E-state index in [0.717, 1.165) is 55.2 Å². The van der Waals surface area contributed by atoms with Crippen LogP contribution in [0.25, 0.3) is 0 Å². The molecule has 0 radical (unpaired) electrons. The summed E-state index contributed by atoms with van der Waals surface area (Å²) in [6.45, 7) is 13.9. The summed E-state index contributed by atoms with van der Waals surface area (Å²) in [5, 5.41) is 34.8. The standard InChI is InChI=1S/C38H50N8O3/c1-25(2)36(41)46-24-28(13-16-34(46)40)49-32-15-14-31(29-11-6-7-12-30(29)32)43-37(47)44-35(22-33(39)38(3,4)5)42-27-10-8-9-26(21-27)23-45-17-19-48-20-18-45/h6-13,16,21-22,24-25,31-32,39-42H,14-15,17-20,23H2,1-5H3,(H2,43,44,47)/b35-22+,39-33?,40-34?,41-36?. The molecule has 0 bridgehead atoms. The van der Waals surface area contributed by atoms with Crippen molar-refractivity contribution in [2.75, 3.05) is 31.6 Å². The van der Waals surface area contributed by atoms with E-state index in [4.69, 9.17) is 25.7 Å². The van der Waals surface area contributed by atoms with Crippen LogP contribution in [0.5, 0.6) is 5.75 Å². The molecule has 2 atom stereocenters. The largest absolute Gasteiger partial charge is 0.484 e. The Balaban J connectivity index is 1.30. The van der Waals surface area contributed by atoms with E-state index < -0.39 is 5.41 Å². The van der Waals surface area contributed by atoms with Gasteiger partial charge in [-0.2, -0.15) is 0 Å². The Morgan fingerprint density at radius 3 is 2.47 bits per heavy atom. The first kappa shape index (κ1) is 35.6. The molecule has 11 heteroatoms. The van der Waals surface area contributed by atoms with Crippen molar-refractivity contribution in [2.24, 2.45) is 11.3 Å². The second-order valence-electron chi connectivity index (χ2n) is 14.1. The maximum absolute atomic E-state index is 13.6. The first-order valence-corrected chi connectivity index (χ1v) is 17.0. The number of nitrogens with zero attached hydrogens (tertiary/aromatic N) is 2. The van der Waals surface area contributed by atoms with Crippen LogP contribution < -0.4 is 26.2 Å². The van der Waals surface area contributed by atoms with E-state index in [0.29, 0.717) is 36.0 Å². The van der Waals surface area contributed by atoms with Gasteiger partial charge in [0.15, 0.2) is 0 Å². The van der Waals surface area contributed by atoms with Gasteiger partial charge in [-0.3, -0.25) is 25.6 Å². The molecule has 2 unspecified atom stereocenters. The Morgan fingerprint density at radius 1 is 1.02 bits per heavy atom. The zero-order valence-electron chi connectivity index (χ0n) is 29.2. The van der Waals surface area contributed by atoms with E-state index in [1.807, 2.05) is 71.0 Å². The highest BCUT2D eigenvalue weighted by Gasteiger charge is 2.30. The van der Waals surface area contributed by atoms with Crippen molar-refractivity contribution < 1.29 is 14.3 Å². The molecule has 11 nitrogen and oxygen atoms in total. The van der Waals surface area contributed by atoms with E-state index in [1.54, 1.807) is 29.0 Å². The summed E-state index contributed by atoms with van der Waals surface area (Å²) in [4.78, 5) is 15.9. The number of hydrogen-bond donors (Lipinski definition) is 6. The van der Waals surface area contributed by atoms with Crippen LogP contribution in [0, 0.1) is 27.6 Å². The molecule has 3 aromatic rings. The third kappa shape index (κ3) is 9.45. The first-order chi connectivity index (χ1) is 23.4. The summed E-state index contributed by atoms with van der Waals surface area (Å²) >= 11 is 0. The fourth-order valence-electron chi connectivity index (χ4n) is 5.92. The van der Waals surface area contributed by atoms with E-state index in [-0.39, 0.29) is 29.6 Å². The lowest BCUT2D eigenvalue weighted by atomic mass is 9.85. The zero-order valence-corrected chi connectivity index (χ0v) is 29.2. The smallest absolute Gasteiger partial charge is 0.320 e. The van der Waals surface area contributed by atoms with Crippen LogP contribution in [0.3, 0.4) is 0 Å². The molecule has 0 saturated carbocycles. The Bertz CT molecular complexity index is 1750. The summed E-state index contributed by atoms with van der Waals surface area (Å²) in [6, 6.07) is 18.9. The highest BCUT2D eigenvalue weighted by molar-refractivity contribution is 5.97. The number of anilines is 1. The van der Waals surface area contributed by atoms with Gasteiger partial charge >= 0.3 is 6.03 Å². The molecule has 0 spiro atoms. The molecule has 6 N–H and O–H groups in total. The van der Waals surface area contributed by atoms with Crippen molar-refractivity contribution in [3.8, 4) is 5.75 Å². The summed E-state index contributed by atoms with van der Waals surface area (Å²) in [6.07, 6.45) is 4.46. The van der Waals surface area contributed by atoms with Gasteiger partial charge in [0.1, 0.15) is 29.0 Å². The minimum atomic E-state index is -0.407. The average molecular weight is 667 g/mol. The Labute approximate surface area is 289 Å². The van der Waals surface area contributed by atoms with E-state index in [2.05, 4.69) is 33.0 Å². The predicted octanol–water partition coefficient (Wildman–Crippen LogP) is 6.55. The summed E-state index contributed by atoms with van der Waals surface area (Å²) in [5.41, 5.74) is 4.14. The molecular weight excluding hydrogens is 616 g/mol. The van der Waals surface area contributed by atoms with Crippen LogP contribution in [-0.2, 0) is 11.3 Å². The average Bonchev–Trinajstić information content (AvgIpc) is 3.06. The number of morpholine rings is 1. The number of carbonyl (C=O) groups excluding carboxylic acids is 1. The van der Waals surface area contributed by atoms with Gasteiger partial charge < -0.3 is 25.5 Å². The fourth-order valence-corrected chi connectivity index (χ4v) is 5.92. The highest BCUT2D eigenvalue weighted by atomic mass is 16.5. The monoisotopic (exact) mass is 666 g/mol. The van der Waals surface area contributed by atoms with Crippen molar-refractivity contribution in [2.45, 2.75) is 66.2 Å². The number of aromatic nitrogens is 1. The Morgan fingerprint density at radius 2 is 1.76 bits per heavy atom. The first-order valence-electron chi connectivity index (χ1n) is 17.0. The Hall–Kier alpha value is -4.74. The van der Waals surface area contributed by atoms with Crippen molar-refractivity contribution >= 4 is 23.3 Å². The molecule has 5 rings (SSSR count). The van der Waals surface area contributed by atoms with Gasteiger partial charge in [-0.25, -0.2) is 4.79 Å². The summed E-state index contributed by atoms with van der Waals surface area (Å²) in [7, 11) is 0. The van der Waals surface area contributed by atoms with Crippen molar-refractivity contribution in [1.82, 2.24) is 20.1 Å². The number of allylic oxidation sites excluding steroid dienone is 1. The van der Waals surface area contributed by atoms with Gasteiger partial charge in [0.25, 0.3) is 0 Å². The molecule has 1 saturated heterocycles. The number of amides is 2. The van der Waals surface area contributed by atoms with Crippen LogP contribution in [0.2, 0.25) is 0 Å². The second-order valence-corrected chi connectivity index (χ2v) is 14.1. The molecular formula is C38H50N8O3. The highest BCUT2D eigenvalue weighted by Crippen LogP contribution is 2.38. The number of hydrogen-bond acceptors (Lipinski definition) is 8. The van der Waals surface area contributed by atoms with Crippen molar-refractivity contribution in [3.05, 3.63) is 101 Å². The lowest BCUT2D eigenvalue weighted by Crippen LogP contribution is -2.41. The number of carbonyl (C=O) groups is 1.